The van der Waals surface area contributed by atoms with Crippen molar-refractivity contribution in [2.24, 2.45) is 0 Å². The number of anilines is 1. The first-order chi connectivity index (χ1) is 10.2. The number of hydrogen-bond donors (Lipinski definition) is 1. The van der Waals surface area contributed by atoms with E-state index in [4.69, 9.17) is 11.6 Å². The molecule has 2 saturated heterocycles. The smallest absolute Gasteiger partial charge is 0.101 e. The van der Waals surface area contributed by atoms with Gasteiger partial charge in [-0.3, -0.25) is 0 Å². The first kappa shape index (κ1) is 14.7. The second-order valence-electron chi connectivity index (χ2n) is 6.23. The number of benzene rings is 1. The first-order valence-corrected chi connectivity index (χ1v) is 8.31. The van der Waals surface area contributed by atoms with Crippen LogP contribution in [0, 0.1) is 11.3 Å². The number of fused-ring (bicyclic) bond motifs is 2. The molecular formula is C17H22ClN3. The van der Waals surface area contributed by atoms with Crippen LogP contribution in [0.1, 0.15) is 44.6 Å². The van der Waals surface area contributed by atoms with E-state index < -0.39 is 0 Å². The zero-order valence-corrected chi connectivity index (χ0v) is 13.2. The Morgan fingerprint density at radius 1 is 1.33 bits per heavy atom. The molecule has 2 atom stereocenters. The summed E-state index contributed by atoms with van der Waals surface area (Å²) < 4.78 is 0. The van der Waals surface area contributed by atoms with Gasteiger partial charge in [-0.2, -0.15) is 5.26 Å². The largest absolute Gasteiger partial charge is 0.367 e. The van der Waals surface area contributed by atoms with Gasteiger partial charge in [0.05, 0.1) is 11.3 Å². The Balaban J connectivity index is 1.89. The molecule has 1 N–H and O–H groups in total. The van der Waals surface area contributed by atoms with Crippen LogP contribution in [0.15, 0.2) is 18.2 Å². The van der Waals surface area contributed by atoms with E-state index in [1.54, 1.807) is 6.07 Å². The molecule has 112 valence electrons. The molecule has 1 aromatic carbocycles. The highest BCUT2D eigenvalue weighted by molar-refractivity contribution is 6.30. The zero-order chi connectivity index (χ0) is 14.8. The highest BCUT2D eigenvalue weighted by Crippen LogP contribution is 2.34. The molecule has 4 heteroatoms. The molecule has 2 aliphatic rings. The first-order valence-electron chi connectivity index (χ1n) is 7.93. The summed E-state index contributed by atoms with van der Waals surface area (Å²) in [6.45, 7) is 3.20. The third kappa shape index (κ3) is 3.02. The van der Waals surface area contributed by atoms with Gasteiger partial charge in [0.25, 0.3) is 0 Å². The summed E-state index contributed by atoms with van der Waals surface area (Å²) in [4.78, 5) is 2.45. The van der Waals surface area contributed by atoms with Crippen molar-refractivity contribution in [1.82, 2.24) is 5.32 Å². The van der Waals surface area contributed by atoms with E-state index >= 15 is 0 Å². The standard InChI is InChI=1S/C17H22ClN3/c1-2-7-21(16-9-14-4-5-15(10-16)20-14)17-6-3-13(18)8-12(17)11-19/h3,6,8,14-16,20H,2,4-5,7,9-10H2,1H3. The molecule has 0 aliphatic carbocycles. The SMILES string of the molecule is CCCN(c1ccc(Cl)cc1C#N)C1CC2CCC(C1)N2. The summed E-state index contributed by atoms with van der Waals surface area (Å²) in [5.74, 6) is 0. The number of piperidine rings is 1. The highest BCUT2D eigenvalue weighted by atomic mass is 35.5. The van der Waals surface area contributed by atoms with Crippen LogP contribution in [0.25, 0.3) is 0 Å². The molecule has 1 aromatic rings. The lowest BCUT2D eigenvalue weighted by molar-refractivity contribution is 0.346. The molecule has 0 amide bonds. The Morgan fingerprint density at radius 2 is 2.05 bits per heavy atom. The van der Waals surface area contributed by atoms with Gasteiger partial charge in [0.1, 0.15) is 6.07 Å². The maximum Gasteiger partial charge on any atom is 0.101 e. The molecule has 2 fully saturated rings. The number of nitrogens with one attached hydrogen (secondary N) is 1. The van der Waals surface area contributed by atoms with Crippen molar-refractivity contribution < 1.29 is 0 Å². The quantitative estimate of drug-likeness (QED) is 0.921. The fourth-order valence-corrected chi connectivity index (χ4v) is 4.04. The number of hydrogen-bond acceptors (Lipinski definition) is 3. The van der Waals surface area contributed by atoms with Crippen molar-refractivity contribution >= 4 is 17.3 Å². The predicted molar refractivity (Wildman–Crippen MR) is 86.8 cm³/mol. The van der Waals surface area contributed by atoms with Crippen LogP contribution in [0.4, 0.5) is 5.69 Å². The molecule has 0 saturated carbocycles. The van der Waals surface area contributed by atoms with Gasteiger partial charge in [0, 0.05) is 29.7 Å². The maximum absolute atomic E-state index is 9.43. The minimum absolute atomic E-state index is 0.539. The summed E-state index contributed by atoms with van der Waals surface area (Å²) in [7, 11) is 0. The Morgan fingerprint density at radius 3 is 2.67 bits per heavy atom. The highest BCUT2D eigenvalue weighted by Gasteiger charge is 2.36. The second kappa shape index (κ2) is 6.25. The number of nitriles is 1. The van der Waals surface area contributed by atoms with Gasteiger partial charge < -0.3 is 10.2 Å². The molecule has 2 unspecified atom stereocenters. The van der Waals surface area contributed by atoms with Gasteiger partial charge in [-0.15, -0.1) is 0 Å². The van der Waals surface area contributed by atoms with E-state index in [-0.39, 0.29) is 0 Å². The fraction of sp³-hybridized carbons (Fsp3) is 0.588. The Bertz CT molecular complexity index is 539. The van der Waals surface area contributed by atoms with Crippen LogP contribution in [0.5, 0.6) is 0 Å². The Hall–Kier alpha value is -1.24. The number of nitrogens with zero attached hydrogens (tertiary/aromatic N) is 2. The van der Waals surface area contributed by atoms with Crippen molar-refractivity contribution in [3.05, 3.63) is 28.8 Å². The van der Waals surface area contributed by atoms with Crippen LogP contribution in [-0.2, 0) is 0 Å². The van der Waals surface area contributed by atoms with Crippen molar-refractivity contribution in [2.75, 3.05) is 11.4 Å². The van der Waals surface area contributed by atoms with Crippen LogP contribution in [0.3, 0.4) is 0 Å². The van der Waals surface area contributed by atoms with Gasteiger partial charge in [-0.25, -0.2) is 0 Å². The predicted octanol–water partition coefficient (Wildman–Crippen LogP) is 3.71. The fourth-order valence-electron chi connectivity index (χ4n) is 3.87. The molecule has 0 aromatic heterocycles. The molecule has 2 heterocycles. The lowest BCUT2D eigenvalue weighted by Crippen LogP contribution is -2.48. The van der Waals surface area contributed by atoms with Gasteiger partial charge in [-0.1, -0.05) is 18.5 Å². The summed E-state index contributed by atoms with van der Waals surface area (Å²) in [6.07, 6.45) is 6.06. The molecular weight excluding hydrogens is 282 g/mol. The van der Waals surface area contributed by atoms with Gasteiger partial charge in [0.15, 0.2) is 0 Å². The summed E-state index contributed by atoms with van der Waals surface area (Å²) in [5.41, 5.74) is 1.75. The number of halogens is 1. The molecule has 21 heavy (non-hydrogen) atoms. The molecule has 2 aliphatic heterocycles. The normalized spacial score (nSPS) is 27.4. The minimum atomic E-state index is 0.539. The van der Waals surface area contributed by atoms with Crippen molar-refractivity contribution in [3.63, 3.8) is 0 Å². The van der Waals surface area contributed by atoms with E-state index in [9.17, 15) is 5.26 Å². The topological polar surface area (TPSA) is 39.1 Å². The van der Waals surface area contributed by atoms with Crippen molar-refractivity contribution in [3.8, 4) is 6.07 Å². The van der Waals surface area contributed by atoms with Gasteiger partial charge >= 0.3 is 0 Å². The van der Waals surface area contributed by atoms with E-state index in [1.807, 2.05) is 12.1 Å². The number of rotatable bonds is 4. The van der Waals surface area contributed by atoms with Crippen LogP contribution in [-0.4, -0.2) is 24.7 Å². The zero-order valence-electron chi connectivity index (χ0n) is 12.5. The molecule has 2 bridgehead atoms. The van der Waals surface area contributed by atoms with Gasteiger partial charge in [0.2, 0.25) is 0 Å². The van der Waals surface area contributed by atoms with E-state index in [2.05, 4.69) is 23.2 Å². The monoisotopic (exact) mass is 303 g/mol. The lowest BCUT2D eigenvalue weighted by atomic mass is 9.96. The molecule has 3 nitrogen and oxygen atoms in total. The minimum Gasteiger partial charge on any atom is -0.367 e. The molecule has 0 spiro atoms. The van der Waals surface area contributed by atoms with E-state index in [0.717, 1.165) is 18.7 Å². The average molecular weight is 304 g/mol. The summed E-state index contributed by atoms with van der Waals surface area (Å²) >= 11 is 6.04. The van der Waals surface area contributed by atoms with Crippen LogP contribution < -0.4 is 10.2 Å². The third-order valence-electron chi connectivity index (χ3n) is 4.74. The average Bonchev–Trinajstić information content (AvgIpc) is 2.83. The lowest BCUT2D eigenvalue weighted by Gasteiger charge is -2.39. The second-order valence-corrected chi connectivity index (χ2v) is 6.67. The summed E-state index contributed by atoms with van der Waals surface area (Å²) in [5, 5.41) is 13.8. The third-order valence-corrected chi connectivity index (χ3v) is 4.98. The van der Waals surface area contributed by atoms with Gasteiger partial charge in [-0.05, 0) is 50.3 Å². The molecule has 0 radical (unpaired) electrons. The molecule has 3 rings (SSSR count). The van der Waals surface area contributed by atoms with Crippen LogP contribution in [0.2, 0.25) is 5.02 Å². The van der Waals surface area contributed by atoms with Crippen molar-refractivity contribution in [2.45, 2.75) is 57.2 Å². The van der Waals surface area contributed by atoms with E-state index in [1.165, 1.54) is 25.7 Å². The summed E-state index contributed by atoms with van der Waals surface area (Å²) in [6, 6.07) is 9.87. The van der Waals surface area contributed by atoms with E-state index in [0.29, 0.717) is 28.7 Å². The Labute approximate surface area is 131 Å². The maximum atomic E-state index is 9.43. The Kier molecular flexibility index (Phi) is 4.37. The van der Waals surface area contributed by atoms with Crippen molar-refractivity contribution in [1.29, 1.82) is 5.26 Å². The van der Waals surface area contributed by atoms with Crippen LogP contribution >= 0.6 is 11.6 Å².